The van der Waals surface area contributed by atoms with Gasteiger partial charge in [-0.2, -0.15) is 0 Å². The average molecular weight is 241 g/mol. The fraction of sp³-hybridized carbons (Fsp3) is 0.636. The number of nitrogens with one attached hydrogen (secondary N) is 1. The molecule has 4 nitrogen and oxygen atoms in total. The van der Waals surface area contributed by atoms with Crippen LogP contribution in [0.2, 0.25) is 0 Å². The number of rotatable bonds is 5. The number of anilines is 1. The number of hydrogen-bond donors (Lipinski definition) is 2. The molecule has 0 amide bonds. The van der Waals surface area contributed by atoms with Crippen molar-refractivity contribution in [2.24, 2.45) is 0 Å². The molecule has 0 aromatic carbocycles. The highest BCUT2D eigenvalue weighted by Crippen LogP contribution is 2.28. The Morgan fingerprint density at radius 2 is 2.19 bits per heavy atom. The molecule has 1 unspecified atom stereocenters. The third-order valence-electron chi connectivity index (χ3n) is 2.07. The molecule has 1 aromatic heterocycles. The van der Waals surface area contributed by atoms with Crippen molar-refractivity contribution < 1.29 is 5.11 Å². The number of aliphatic hydroxyl groups excluding tert-OH is 1. The Kier molecular flexibility index (Phi) is 4.44. The predicted molar refractivity (Wildman–Crippen MR) is 67.9 cm³/mol. The summed E-state index contributed by atoms with van der Waals surface area (Å²) in [5.74, 6) is 0. The maximum absolute atomic E-state index is 9.13. The van der Waals surface area contributed by atoms with Crippen molar-refractivity contribution in [1.29, 1.82) is 0 Å². The van der Waals surface area contributed by atoms with Gasteiger partial charge in [-0.1, -0.05) is 38.2 Å². The van der Waals surface area contributed by atoms with E-state index in [0.717, 1.165) is 10.1 Å². The Hall–Kier alpha value is -0.940. The second-order valence-electron chi connectivity index (χ2n) is 4.71. The molecule has 16 heavy (non-hydrogen) atoms. The van der Waals surface area contributed by atoms with Crippen LogP contribution in [0.4, 0.5) is 5.13 Å². The highest BCUT2D eigenvalue weighted by Gasteiger charge is 2.20. The Morgan fingerprint density at radius 1 is 1.50 bits per heavy atom. The highest BCUT2D eigenvalue weighted by atomic mass is 32.1. The van der Waals surface area contributed by atoms with Crippen LogP contribution in [0.25, 0.3) is 0 Å². The zero-order valence-electron chi connectivity index (χ0n) is 10.0. The van der Waals surface area contributed by atoms with Crippen molar-refractivity contribution in [3.8, 4) is 0 Å². The summed E-state index contributed by atoms with van der Waals surface area (Å²) in [6.45, 7) is 10.0. The van der Waals surface area contributed by atoms with Gasteiger partial charge in [0.1, 0.15) is 5.01 Å². The molecule has 0 saturated heterocycles. The minimum atomic E-state index is -0.0294. The van der Waals surface area contributed by atoms with Crippen LogP contribution < -0.4 is 5.32 Å². The molecule has 1 aromatic rings. The van der Waals surface area contributed by atoms with E-state index in [9.17, 15) is 0 Å². The van der Waals surface area contributed by atoms with E-state index in [1.54, 1.807) is 6.08 Å². The number of hydrogen-bond acceptors (Lipinski definition) is 5. The minimum absolute atomic E-state index is 0.0186. The van der Waals surface area contributed by atoms with Gasteiger partial charge >= 0.3 is 0 Å². The van der Waals surface area contributed by atoms with Gasteiger partial charge in [0.15, 0.2) is 0 Å². The molecular weight excluding hydrogens is 222 g/mol. The lowest BCUT2D eigenvalue weighted by atomic mass is 9.98. The van der Waals surface area contributed by atoms with Gasteiger partial charge in [-0.15, -0.1) is 16.8 Å². The van der Waals surface area contributed by atoms with Gasteiger partial charge in [-0.25, -0.2) is 0 Å². The summed E-state index contributed by atoms with van der Waals surface area (Å²) >= 11 is 1.53. The van der Waals surface area contributed by atoms with Gasteiger partial charge in [0, 0.05) is 5.41 Å². The summed E-state index contributed by atoms with van der Waals surface area (Å²) in [5, 5.41) is 22.2. The van der Waals surface area contributed by atoms with Crippen LogP contribution in [0.15, 0.2) is 12.7 Å². The van der Waals surface area contributed by atoms with Crippen LogP contribution in [0.1, 0.15) is 32.2 Å². The fourth-order valence-corrected chi connectivity index (χ4v) is 2.02. The molecule has 0 fully saturated rings. The summed E-state index contributed by atoms with van der Waals surface area (Å²) in [6, 6.07) is -0.0294. The first-order valence-corrected chi connectivity index (χ1v) is 6.11. The number of nitrogens with zero attached hydrogens (tertiary/aromatic N) is 2. The van der Waals surface area contributed by atoms with E-state index >= 15 is 0 Å². The van der Waals surface area contributed by atoms with E-state index in [1.807, 2.05) is 0 Å². The fourth-order valence-electron chi connectivity index (χ4n) is 1.14. The second-order valence-corrected chi connectivity index (χ2v) is 5.69. The lowest BCUT2D eigenvalue weighted by Crippen LogP contribution is -2.22. The maximum Gasteiger partial charge on any atom is 0.206 e. The first-order chi connectivity index (χ1) is 7.47. The molecule has 5 heteroatoms. The first kappa shape index (κ1) is 13.1. The third kappa shape index (κ3) is 3.57. The lowest BCUT2D eigenvalue weighted by Gasteiger charge is -2.13. The van der Waals surface area contributed by atoms with Gasteiger partial charge < -0.3 is 10.4 Å². The van der Waals surface area contributed by atoms with Gasteiger partial charge in [0.25, 0.3) is 0 Å². The molecule has 2 N–H and O–H groups in total. The SMILES string of the molecule is C=CCC(CO)Nc1nnc(C(C)(C)C)s1. The second kappa shape index (κ2) is 5.41. The molecule has 1 atom stereocenters. The summed E-state index contributed by atoms with van der Waals surface area (Å²) in [6.07, 6.45) is 2.49. The van der Waals surface area contributed by atoms with Crippen LogP contribution in [0.3, 0.4) is 0 Å². The largest absolute Gasteiger partial charge is 0.394 e. The summed E-state index contributed by atoms with van der Waals surface area (Å²) in [5.41, 5.74) is 0.0186. The molecule has 0 bridgehead atoms. The maximum atomic E-state index is 9.13. The molecule has 0 spiro atoms. The van der Waals surface area contributed by atoms with Gasteiger partial charge in [0.05, 0.1) is 12.6 Å². The molecule has 0 radical (unpaired) electrons. The normalized spacial score (nSPS) is 13.5. The smallest absolute Gasteiger partial charge is 0.206 e. The zero-order valence-corrected chi connectivity index (χ0v) is 10.8. The molecule has 0 aliphatic heterocycles. The van der Waals surface area contributed by atoms with E-state index < -0.39 is 0 Å². The van der Waals surface area contributed by atoms with Crippen molar-refractivity contribution in [3.63, 3.8) is 0 Å². The number of aromatic nitrogens is 2. The monoisotopic (exact) mass is 241 g/mol. The average Bonchev–Trinajstić information content (AvgIpc) is 2.65. The van der Waals surface area contributed by atoms with E-state index in [-0.39, 0.29) is 18.1 Å². The van der Waals surface area contributed by atoms with Crippen LogP contribution in [0, 0.1) is 0 Å². The molecule has 0 aliphatic carbocycles. The van der Waals surface area contributed by atoms with Crippen LogP contribution in [-0.4, -0.2) is 28.0 Å². The van der Waals surface area contributed by atoms with Crippen LogP contribution >= 0.6 is 11.3 Å². The molecule has 1 heterocycles. The summed E-state index contributed by atoms with van der Waals surface area (Å²) in [4.78, 5) is 0. The lowest BCUT2D eigenvalue weighted by molar-refractivity contribution is 0.275. The third-order valence-corrected chi connectivity index (χ3v) is 3.35. The molecule has 90 valence electrons. The molecule has 0 saturated carbocycles. The van der Waals surface area contributed by atoms with Crippen LogP contribution in [0.5, 0.6) is 0 Å². The van der Waals surface area contributed by atoms with E-state index in [4.69, 9.17) is 5.11 Å². The summed E-state index contributed by atoms with van der Waals surface area (Å²) in [7, 11) is 0. The van der Waals surface area contributed by atoms with Gasteiger partial charge in [-0.3, -0.25) is 0 Å². The van der Waals surface area contributed by atoms with Gasteiger partial charge in [-0.05, 0) is 6.42 Å². The number of aliphatic hydroxyl groups is 1. The Morgan fingerprint density at radius 3 is 2.62 bits per heavy atom. The van der Waals surface area contributed by atoms with Crippen LogP contribution in [-0.2, 0) is 5.41 Å². The van der Waals surface area contributed by atoms with Crippen molar-refractivity contribution >= 4 is 16.5 Å². The zero-order chi connectivity index (χ0) is 12.2. The van der Waals surface area contributed by atoms with Crippen molar-refractivity contribution in [2.75, 3.05) is 11.9 Å². The Labute approximate surface area is 100 Å². The van der Waals surface area contributed by atoms with Crippen molar-refractivity contribution in [3.05, 3.63) is 17.7 Å². The summed E-state index contributed by atoms with van der Waals surface area (Å²) < 4.78 is 0. The highest BCUT2D eigenvalue weighted by molar-refractivity contribution is 7.15. The topological polar surface area (TPSA) is 58.0 Å². The standard InChI is InChI=1S/C11H19N3OS/c1-5-6-8(7-15)12-10-14-13-9(16-10)11(2,3)4/h5,8,15H,1,6-7H2,2-4H3,(H,12,14). The molecule has 1 rings (SSSR count). The van der Waals surface area contributed by atoms with Crippen molar-refractivity contribution in [1.82, 2.24) is 10.2 Å². The van der Waals surface area contributed by atoms with E-state index in [1.165, 1.54) is 11.3 Å². The minimum Gasteiger partial charge on any atom is -0.394 e. The molecular formula is C11H19N3OS. The van der Waals surface area contributed by atoms with Crippen molar-refractivity contribution in [2.45, 2.75) is 38.6 Å². The van der Waals surface area contributed by atoms with E-state index in [0.29, 0.717) is 6.42 Å². The molecule has 0 aliphatic rings. The Balaban J connectivity index is 2.67. The van der Waals surface area contributed by atoms with E-state index in [2.05, 4.69) is 42.9 Å². The first-order valence-electron chi connectivity index (χ1n) is 5.29. The van der Waals surface area contributed by atoms with Gasteiger partial charge in [0.2, 0.25) is 5.13 Å². The quantitative estimate of drug-likeness (QED) is 0.776. The predicted octanol–water partition coefficient (Wildman–Crippen LogP) is 2.18. The Bertz CT molecular complexity index is 343.